The molecule has 14 heavy (non-hydrogen) atoms. The average molecular weight is 256 g/mol. The molecule has 1 rings (SSSR count). The van der Waals surface area contributed by atoms with E-state index in [4.69, 9.17) is 0 Å². The summed E-state index contributed by atoms with van der Waals surface area (Å²) in [4.78, 5) is 10.3. The van der Waals surface area contributed by atoms with E-state index in [1.807, 2.05) is 18.2 Å². The number of nitro benzene ring substituents is 1. The monoisotopic (exact) mass is 255 g/mol. The van der Waals surface area contributed by atoms with E-state index in [1.165, 1.54) is 0 Å². The molecule has 0 spiro atoms. The van der Waals surface area contributed by atoms with Crippen molar-refractivity contribution in [1.82, 2.24) is 0 Å². The number of allylic oxidation sites excluding steroid dienone is 1. The second kappa shape index (κ2) is 4.91. The van der Waals surface area contributed by atoms with Crippen LogP contribution in [0.5, 0.6) is 0 Å². The fourth-order valence-corrected chi connectivity index (χ4v) is 1.29. The Kier molecular flexibility index (Phi) is 3.83. The maximum absolute atomic E-state index is 10.6. The van der Waals surface area contributed by atoms with Gasteiger partial charge in [-0.05, 0) is 12.5 Å². The Morgan fingerprint density at radius 2 is 2.29 bits per heavy atom. The van der Waals surface area contributed by atoms with Gasteiger partial charge in [-0.1, -0.05) is 40.2 Å². The first-order valence-electron chi connectivity index (χ1n) is 4.12. The molecule has 74 valence electrons. The summed E-state index contributed by atoms with van der Waals surface area (Å²) in [5.74, 6) is 0. The first kappa shape index (κ1) is 10.9. The van der Waals surface area contributed by atoms with E-state index < -0.39 is 0 Å². The molecule has 0 aliphatic heterocycles. The van der Waals surface area contributed by atoms with Gasteiger partial charge in [0, 0.05) is 17.0 Å². The Labute approximate surface area is 90.7 Å². The summed E-state index contributed by atoms with van der Waals surface area (Å²) < 4.78 is 0. The first-order chi connectivity index (χ1) is 6.65. The highest BCUT2D eigenvalue weighted by Gasteiger charge is 2.09. The summed E-state index contributed by atoms with van der Waals surface area (Å²) in [5, 5.41) is 11.4. The predicted molar refractivity (Wildman–Crippen MR) is 60.7 cm³/mol. The van der Waals surface area contributed by atoms with Crippen LogP contribution in [0.3, 0.4) is 0 Å². The summed E-state index contributed by atoms with van der Waals surface area (Å²) in [6.45, 7) is 1.73. The zero-order valence-electron chi connectivity index (χ0n) is 7.74. The minimum atomic E-state index is -0.360. The summed E-state index contributed by atoms with van der Waals surface area (Å²) in [5.41, 5.74) is 1.70. The summed E-state index contributed by atoms with van der Waals surface area (Å²) in [6, 6.07) is 5.20. The number of alkyl halides is 1. The van der Waals surface area contributed by atoms with Gasteiger partial charge in [0.1, 0.15) is 0 Å². The number of hydrogen-bond donors (Lipinski definition) is 0. The van der Waals surface area contributed by atoms with E-state index >= 15 is 0 Å². The second-order valence-electron chi connectivity index (χ2n) is 2.86. The van der Waals surface area contributed by atoms with Crippen LogP contribution in [0.25, 0.3) is 6.08 Å². The highest BCUT2D eigenvalue weighted by atomic mass is 79.9. The molecule has 0 aliphatic rings. The summed E-state index contributed by atoms with van der Waals surface area (Å²) >= 11 is 3.25. The number of halogens is 1. The minimum absolute atomic E-state index is 0.168. The summed E-state index contributed by atoms with van der Waals surface area (Å²) in [7, 11) is 0. The highest BCUT2D eigenvalue weighted by Crippen LogP contribution is 2.19. The van der Waals surface area contributed by atoms with Crippen LogP contribution >= 0.6 is 15.9 Å². The average Bonchev–Trinajstić information content (AvgIpc) is 2.16. The quantitative estimate of drug-likeness (QED) is 0.473. The van der Waals surface area contributed by atoms with E-state index in [1.54, 1.807) is 19.1 Å². The third kappa shape index (κ3) is 2.67. The minimum Gasteiger partial charge on any atom is -0.258 e. The van der Waals surface area contributed by atoms with Gasteiger partial charge in [0.15, 0.2) is 0 Å². The largest absolute Gasteiger partial charge is 0.272 e. The van der Waals surface area contributed by atoms with Crippen molar-refractivity contribution in [2.24, 2.45) is 0 Å². The SMILES string of the molecule is Cc1ccc(C=CCBr)cc1[N+](=O)[O-]. The number of nitro groups is 1. The molecule has 0 atom stereocenters. The van der Waals surface area contributed by atoms with Gasteiger partial charge < -0.3 is 0 Å². The smallest absolute Gasteiger partial charge is 0.258 e. The number of hydrogen-bond acceptors (Lipinski definition) is 2. The lowest BCUT2D eigenvalue weighted by molar-refractivity contribution is -0.385. The van der Waals surface area contributed by atoms with Crippen molar-refractivity contribution < 1.29 is 4.92 Å². The van der Waals surface area contributed by atoms with Gasteiger partial charge in [0.05, 0.1) is 4.92 Å². The molecule has 0 aliphatic carbocycles. The molecule has 0 heterocycles. The van der Waals surface area contributed by atoms with Crippen molar-refractivity contribution >= 4 is 27.7 Å². The lowest BCUT2D eigenvalue weighted by Gasteiger charge is -1.98. The van der Waals surface area contributed by atoms with Crippen molar-refractivity contribution in [2.45, 2.75) is 6.92 Å². The Morgan fingerprint density at radius 1 is 1.57 bits per heavy atom. The van der Waals surface area contributed by atoms with E-state index in [2.05, 4.69) is 15.9 Å². The molecule has 0 saturated carbocycles. The van der Waals surface area contributed by atoms with Crippen LogP contribution in [0.1, 0.15) is 11.1 Å². The molecule has 0 unspecified atom stereocenters. The van der Waals surface area contributed by atoms with Crippen molar-refractivity contribution in [3.63, 3.8) is 0 Å². The van der Waals surface area contributed by atoms with Crippen LogP contribution in [0.15, 0.2) is 24.3 Å². The Hall–Kier alpha value is -1.16. The predicted octanol–water partition coefficient (Wildman–Crippen LogP) is 3.31. The molecule has 4 heteroatoms. The molecular formula is C10H10BrNO2. The molecule has 0 amide bonds. The zero-order chi connectivity index (χ0) is 10.6. The molecule has 1 aromatic rings. The van der Waals surface area contributed by atoms with Gasteiger partial charge in [-0.25, -0.2) is 0 Å². The van der Waals surface area contributed by atoms with E-state index in [0.717, 1.165) is 10.9 Å². The Bertz CT molecular complexity index is 374. The van der Waals surface area contributed by atoms with Crippen molar-refractivity contribution in [3.8, 4) is 0 Å². The highest BCUT2D eigenvalue weighted by molar-refractivity contribution is 9.09. The van der Waals surface area contributed by atoms with Gasteiger partial charge in [0.25, 0.3) is 5.69 Å². The molecule has 3 nitrogen and oxygen atoms in total. The molecular weight excluding hydrogens is 246 g/mol. The van der Waals surface area contributed by atoms with Gasteiger partial charge in [-0.15, -0.1) is 0 Å². The fraction of sp³-hybridized carbons (Fsp3) is 0.200. The van der Waals surface area contributed by atoms with Crippen LogP contribution in [-0.4, -0.2) is 10.3 Å². The maximum Gasteiger partial charge on any atom is 0.272 e. The molecule has 1 aromatic carbocycles. The lowest BCUT2D eigenvalue weighted by Crippen LogP contribution is -1.91. The molecule has 0 N–H and O–H groups in total. The lowest BCUT2D eigenvalue weighted by atomic mass is 10.1. The Morgan fingerprint density at radius 3 is 2.86 bits per heavy atom. The van der Waals surface area contributed by atoms with E-state index in [0.29, 0.717) is 5.56 Å². The van der Waals surface area contributed by atoms with Crippen LogP contribution in [0.4, 0.5) is 5.69 Å². The molecule has 0 saturated heterocycles. The van der Waals surface area contributed by atoms with Crippen LogP contribution in [0.2, 0.25) is 0 Å². The van der Waals surface area contributed by atoms with Gasteiger partial charge >= 0.3 is 0 Å². The van der Waals surface area contributed by atoms with E-state index in [9.17, 15) is 10.1 Å². The standard InChI is InChI=1S/C10H10BrNO2/c1-8-4-5-9(3-2-6-11)7-10(8)12(13)14/h2-5,7H,6H2,1H3. The van der Waals surface area contributed by atoms with Crippen molar-refractivity contribution in [1.29, 1.82) is 0 Å². The van der Waals surface area contributed by atoms with Gasteiger partial charge in [-0.3, -0.25) is 10.1 Å². The molecule has 0 aromatic heterocycles. The summed E-state index contributed by atoms with van der Waals surface area (Å²) in [6.07, 6.45) is 3.75. The molecule has 0 bridgehead atoms. The van der Waals surface area contributed by atoms with Crippen LogP contribution in [-0.2, 0) is 0 Å². The third-order valence-electron chi connectivity index (χ3n) is 1.83. The van der Waals surface area contributed by atoms with Gasteiger partial charge in [-0.2, -0.15) is 0 Å². The molecule has 0 radical (unpaired) electrons. The number of aryl methyl sites for hydroxylation is 1. The van der Waals surface area contributed by atoms with Crippen molar-refractivity contribution in [2.75, 3.05) is 5.33 Å². The van der Waals surface area contributed by atoms with Crippen LogP contribution < -0.4 is 0 Å². The third-order valence-corrected chi connectivity index (χ3v) is 2.20. The maximum atomic E-state index is 10.6. The van der Waals surface area contributed by atoms with Gasteiger partial charge in [0.2, 0.25) is 0 Å². The Balaban J connectivity index is 3.06. The first-order valence-corrected chi connectivity index (χ1v) is 5.25. The van der Waals surface area contributed by atoms with Crippen molar-refractivity contribution in [3.05, 3.63) is 45.5 Å². The van der Waals surface area contributed by atoms with Crippen LogP contribution in [0, 0.1) is 17.0 Å². The number of nitrogens with zero attached hydrogens (tertiary/aromatic N) is 1. The van der Waals surface area contributed by atoms with E-state index in [-0.39, 0.29) is 10.6 Å². The topological polar surface area (TPSA) is 43.1 Å². The second-order valence-corrected chi connectivity index (χ2v) is 3.51. The molecule has 0 fully saturated rings. The fourth-order valence-electron chi connectivity index (χ4n) is 1.11. The number of rotatable bonds is 3. The zero-order valence-corrected chi connectivity index (χ0v) is 9.32. The number of benzene rings is 1. The normalized spacial score (nSPS) is 10.7.